The van der Waals surface area contributed by atoms with E-state index in [-0.39, 0.29) is 44.8 Å². The summed E-state index contributed by atoms with van der Waals surface area (Å²) in [7, 11) is 0. The number of hydrogen-bond acceptors (Lipinski definition) is 2. The quantitative estimate of drug-likeness (QED) is 0.587. The van der Waals surface area contributed by atoms with Gasteiger partial charge in [-0.05, 0) is 6.92 Å². The first-order chi connectivity index (χ1) is 2.64. The van der Waals surface area contributed by atoms with Gasteiger partial charge >= 0.3 is 5.97 Å². The number of rotatable bonds is 1. The van der Waals surface area contributed by atoms with Crippen molar-refractivity contribution in [3.05, 3.63) is 0 Å². The number of carbonyl (C=O) groups is 1. The van der Waals surface area contributed by atoms with E-state index in [4.69, 9.17) is 10.2 Å². The number of aliphatic hydroxyl groups excluding tert-OH is 1. The van der Waals surface area contributed by atoms with Crippen LogP contribution in [0.1, 0.15) is 6.92 Å². The summed E-state index contributed by atoms with van der Waals surface area (Å²) in [5.74, 6) is -1.19. The minimum Gasteiger partial charge on any atom is -0.479 e. The van der Waals surface area contributed by atoms with E-state index < -0.39 is 12.1 Å². The van der Waals surface area contributed by atoms with Crippen molar-refractivity contribution in [1.29, 1.82) is 0 Å². The fourth-order valence-electron chi connectivity index (χ4n) is 0. The summed E-state index contributed by atoms with van der Waals surface area (Å²) in [5, 5.41) is 15.8. The molecule has 0 aliphatic heterocycles. The van der Waals surface area contributed by atoms with Gasteiger partial charge in [-0.2, -0.15) is 0 Å². The predicted molar refractivity (Wildman–Crippen MR) is 19.3 cm³/mol. The number of carboxylic acid groups (broad SMARTS) is 1. The minimum atomic E-state index is -1.23. The van der Waals surface area contributed by atoms with Gasteiger partial charge < -0.3 is 10.2 Å². The molecule has 1 unspecified atom stereocenters. The van der Waals surface area contributed by atoms with Crippen LogP contribution in [-0.2, 0) is 49.6 Å². The molecule has 0 bridgehead atoms. The molecule has 0 amide bonds. The molecular weight excluding hydrogens is 389 g/mol. The fraction of sp³-hybridized carbons (Fsp3) is 0.667. The van der Waals surface area contributed by atoms with Crippen molar-refractivity contribution in [1.82, 2.24) is 0 Å². The van der Waals surface area contributed by atoms with Crippen molar-refractivity contribution in [2.45, 2.75) is 13.0 Å². The first-order valence-corrected chi connectivity index (χ1v) is 1.55. The van der Waals surface area contributed by atoms with Gasteiger partial charge in [0.1, 0.15) is 6.10 Å². The SMILES string of the molecule is CC(O)C(=O)O.[Ag].[Au]. The predicted octanol–water partition coefficient (Wildman–Crippen LogP) is -0.553. The third-order valence-corrected chi connectivity index (χ3v) is 0.357. The molecule has 0 aliphatic rings. The van der Waals surface area contributed by atoms with Crippen LogP contribution >= 0.6 is 0 Å². The fourth-order valence-corrected chi connectivity index (χ4v) is 0. The van der Waals surface area contributed by atoms with Gasteiger partial charge in [-0.3, -0.25) is 0 Å². The summed E-state index contributed by atoms with van der Waals surface area (Å²) in [4.78, 5) is 9.45. The van der Waals surface area contributed by atoms with E-state index in [0.717, 1.165) is 0 Å². The van der Waals surface area contributed by atoms with Gasteiger partial charge in [-0.15, -0.1) is 0 Å². The number of aliphatic carboxylic acids is 1. The Morgan fingerprint density at radius 2 is 1.75 bits per heavy atom. The Hall–Kier alpha value is 0.911. The first-order valence-electron chi connectivity index (χ1n) is 1.55. The third kappa shape index (κ3) is 10.0. The van der Waals surface area contributed by atoms with Crippen LogP contribution in [0.5, 0.6) is 0 Å². The summed E-state index contributed by atoms with van der Waals surface area (Å²) in [6, 6.07) is 0. The zero-order chi connectivity index (χ0) is 5.15. The molecule has 0 fully saturated rings. The molecule has 1 atom stereocenters. The van der Waals surface area contributed by atoms with Gasteiger partial charge in [0.25, 0.3) is 0 Å². The Morgan fingerprint density at radius 1 is 1.62 bits per heavy atom. The van der Waals surface area contributed by atoms with E-state index in [2.05, 4.69) is 0 Å². The average molecular weight is 395 g/mol. The van der Waals surface area contributed by atoms with Crippen LogP contribution in [-0.4, -0.2) is 22.3 Å². The molecule has 0 aliphatic carbocycles. The van der Waals surface area contributed by atoms with Crippen LogP contribution in [0.2, 0.25) is 0 Å². The molecule has 2 N–H and O–H groups in total. The van der Waals surface area contributed by atoms with E-state index in [0.29, 0.717) is 0 Å². The number of carboxylic acids is 1. The van der Waals surface area contributed by atoms with E-state index >= 15 is 0 Å². The van der Waals surface area contributed by atoms with E-state index in [1.165, 1.54) is 6.92 Å². The van der Waals surface area contributed by atoms with Crippen LogP contribution in [0.15, 0.2) is 0 Å². The normalized spacial score (nSPS) is 10.2. The van der Waals surface area contributed by atoms with Crippen LogP contribution in [0.25, 0.3) is 0 Å². The van der Waals surface area contributed by atoms with E-state index in [1.807, 2.05) is 0 Å². The van der Waals surface area contributed by atoms with Crippen molar-refractivity contribution in [3.8, 4) is 0 Å². The molecular formula is C3H6AgAuO3. The molecule has 0 aromatic rings. The maximum Gasteiger partial charge on any atom is 0.332 e. The van der Waals surface area contributed by atoms with Gasteiger partial charge in [0.2, 0.25) is 0 Å². The molecule has 2 radical (unpaired) electrons. The number of hydrogen-bond donors (Lipinski definition) is 2. The Kier molecular flexibility index (Phi) is 15.8. The van der Waals surface area contributed by atoms with Crippen LogP contribution < -0.4 is 0 Å². The second-order valence-electron chi connectivity index (χ2n) is 1.01. The molecule has 3 nitrogen and oxygen atoms in total. The average Bonchev–Trinajstić information content (AvgIpc) is 1.36. The Morgan fingerprint density at radius 3 is 1.75 bits per heavy atom. The second kappa shape index (κ2) is 7.91. The molecule has 8 heavy (non-hydrogen) atoms. The zero-order valence-electron chi connectivity index (χ0n) is 3.98. The van der Waals surface area contributed by atoms with Gasteiger partial charge in [-0.1, -0.05) is 0 Å². The number of aliphatic hydroxyl groups is 1. The third-order valence-electron chi connectivity index (χ3n) is 0.357. The monoisotopic (exact) mass is 394 g/mol. The van der Waals surface area contributed by atoms with E-state index in [9.17, 15) is 4.79 Å². The molecule has 0 aromatic heterocycles. The second-order valence-corrected chi connectivity index (χ2v) is 1.01. The Labute approximate surface area is 78.5 Å². The molecule has 0 heterocycles. The molecule has 0 saturated carbocycles. The molecule has 5 heteroatoms. The molecule has 0 spiro atoms. The minimum absolute atomic E-state index is 0. The van der Waals surface area contributed by atoms with Gasteiger partial charge in [0.05, 0.1) is 0 Å². The first kappa shape index (κ1) is 16.0. The van der Waals surface area contributed by atoms with Crippen molar-refractivity contribution in [2.75, 3.05) is 0 Å². The smallest absolute Gasteiger partial charge is 0.332 e. The van der Waals surface area contributed by atoms with Crippen molar-refractivity contribution < 1.29 is 59.8 Å². The van der Waals surface area contributed by atoms with E-state index in [1.54, 1.807) is 0 Å². The van der Waals surface area contributed by atoms with Crippen molar-refractivity contribution >= 4 is 5.97 Å². The van der Waals surface area contributed by atoms with Crippen LogP contribution in [0, 0.1) is 0 Å². The Balaban J connectivity index is -0.000000125. The summed E-state index contributed by atoms with van der Waals surface area (Å²) in [6.45, 7) is 1.20. The van der Waals surface area contributed by atoms with Crippen LogP contribution in [0.3, 0.4) is 0 Å². The molecule has 0 rings (SSSR count). The molecule has 58 valence electrons. The molecule has 0 saturated heterocycles. The maximum absolute atomic E-state index is 9.45. The largest absolute Gasteiger partial charge is 0.479 e. The topological polar surface area (TPSA) is 57.5 Å². The zero-order valence-corrected chi connectivity index (χ0v) is 7.63. The Bertz CT molecular complexity index is 65.5. The standard InChI is InChI=1S/C3H6O3.Ag.Au/c1-2(4)3(5)6;;/h2,4H,1H3,(H,5,6);;. The summed E-state index contributed by atoms with van der Waals surface area (Å²) in [6.07, 6.45) is -1.23. The summed E-state index contributed by atoms with van der Waals surface area (Å²) >= 11 is 0. The van der Waals surface area contributed by atoms with Gasteiger partial charge in [-0.25, -0.2) is 4.79 Å². The van der Waals surface area contributed by atoms with Gasteiger partial charge in [0.15, 0.2) is 0 Å². The summed E-state index contributed by atoms with van der Waals surface area (Å²) in [5.41, 5.74) is 0. The van der Waals surface area contributed by atoms with Crippen LogP contribution in [0.4, 0.5) is 0 Å². The van der Waals surface area contributed by atoms with Gasteiger partial charge in [0, 0.05) is 44.8 Å². The van der Waals surface area contributed by atoms with Crippen molar-refractivity contribution in [2.24, 2.45) is 0 Å². The molecule has 0 aromatic carbocycles. The summed E-state index contributed by atoms with van der Waals surface area (Å²) < 4.78 is 0. The maximum atomic E-state index is 9.45. The van der Waals surface area contributed by atoms with Crippen molar-refractivity contribution in [3.63, 3.8) is 0 Å².